The van der Waals surface area contributed by atoms with Crippen LogP contribution in [0.15, 0.2) is 36.7 Å². The summed E-state index contributed by atoms with van der Waals surface area (Å²) in [6.45, 7) is 2.26. The molecule has 0 unspecified atom stereocenters. The van der Waals surface area contributed by atoms with Gasteiger partial charge in [-0.25, -0.2) is 0 Å². The third-order valence-corrected chi connectivity index (χ3v) is 5.44. The first-order valence-electron chi connectivity index (χ1n) is 4.68. The first-order chi connectivity index (χ1) is 6.42. The second kappa shape index (κ2) is 3.87. The summed E-state index contributed by atoms with van der Waals surface area (Å²) in [6, 6.07) is 8.55. The third-order valence-electron chi connectivity index (χ3n) is 2.40. The minimum atomic E-state index is -0.943. The van der Waals surface area contributed by atoms with E-state index in [1.54, 1.807) is 0 Å². The molecule has 2 nitrogen and oxygen atoms in total. The van der Waals surface area contributed by atoms with Crippen molar-refractivity contribution in [2.75, 3.05) is 0 Å². The molecule has 2 rings (SSSR count). The number of hydrogen-bond acceptors (Lipinski definition) is 0. The highest BCUT2D eigenvalue weighted by molar-refractivity contribution is 6.83. The predicted molar refractivity (Wildman–Crippen MR) is 57.1 cm³/mol. The van der Waals surface area contributed by atoms with Crippen LogP contribution >= 0.6 is 0 Å². The highest BCUT2D eigenvalue weighted by Gasteiger charge is 2.21. The molecule has 0 amide bonds. The number of nitrogens with one attached hydrogen (secondary N) is 2. The molecule has 0 aromatic carbocycles. The van der Waals surface area contributed by atoms with E-state index in [-0.39, 0.29) is 0 Å². The van der Waals surface area contributed by atoms with Crippen molar-refractivity contribution in [1.82, 2.24) is 9.97 Å². The molecule has 0 radical (unpaired) electrons. The molecule has 2 N–H and O–H groups in total. The Morgan fingerprint density at radius 3 is 1.92 bits per heavy atom. The molecular formula is C10H13AlN2. The Labute approximate surface area is 82.4 Å². The van der Waals surface area contributed by atoms with E-state index < -0.39 is 14.1 Å². The van der Waals surface area contributed by atoms with Crippen LogP contribution in [0, 0.1) is 0 Å². The van der Waals surface area contributed by atoms with Crippen molar-refractivity contribution in [3.63, 3.8) is 0 Å². The number of aromatic amines is 2. The van der Waals surface area contributed by atoms with Crippen LogP contribution in [-0.4, -0.2) is 24.1 Å². The van der Waals surface area contributed by atoms with E-state index in [9.17, 15) is 0 Å². The van der Waals surface area contributed by atoms with E-state index in [0.717, 1.165) is 0 Å². The highest BCUT2D eigenvalue weighted by Crippen LogP contribution is 1.93. The highest BCUT2D eigenvalue weighted by atomic mass is 27.2. The van der Waals surface area contributed by atoms with Crippen LogP contribution in [0.2, 0.25) is 5.28 Å². The topological polar surface area (TPSA) is 31.6 Å². The molecule has 2 aromatic rings. The SMILES string of the molecule is C[CH2][Al]([c]1ccc[nH]1)[c]1ccc[nH]1. The summed E-state index contributed by atoms with van der Waals surface area (Å²) in [7, 11) is 0. The third kappa shape index (κ3) is 1.72. The van der Waals surface area contributed by atoms with Crippen LogP contribution in [0.1, 0.15) is 6.92 Å². The fourth-order valence-corrected chi connectivity index (χ4v) is 4.23. The second-order valence-corrected chi connectivity index (χ2v) is 6.38. The van der Waals surface area contributed by atoms with E-state index in [1.807, 2.05) is 12.4 Å². The maximum atomic E-state index is 3.32. The van der Waals surface area contributed by atoms with Crippen molar-refractivity contribution in [1.29, 1.82) is 0 Å². The fraction of sp³-hybridized carbons (Fsp3) is 0.200. The quantitative estimate of drug-likeness (QED) is 0.673. The zero-order valence-corrected chi connectivity index (χ0v) is 8.90. The number of aromatic nitrogens is 2. The molecule has 0 aliphatic heterocycles. The van der Waals surface area contributed by atoms with E-state index >= 15 is 0 Å². The summed E-state index contributed by atoms with van der Waals surface area (Å²) in [6.07, 6.45) is 4.02. The summed E-state index contributed by atoms with van der Waals surface area (Å²) in [5, 5.41) is 1.25. The zero-order chi connectivity index (χ0) is 9.10. The molecular weight excluding hydrogens is 175 g/mol. The average molecular weight is 188 g/mol. The van der Waals surface area contributed by atoms with Crippen LogP contribution in [0.4, 0.5) is 0 Å². The fourth-order valence-electron chi connectivity index (χ4n) is 1.73. The maximum absolute atomic E-state index is 3.32. The maximum Gasteiger partial charge on any atom is 0.396 e. The zero-order valence-electron chi connectivity index (χ0n) is 7.75. The lowest BCUT2D eigenvalue weighted by atomic mass is 10.7. The first-order valence-corrected chi connectivity index (χ1v) is 6.65. The predicted octanol–water partition coefficient (Wildman–Crippen LogP) is 0.972. The van der Waals surface area contributed by atoms with Gasteiger partial charge in [0.05, 0.1) is 0 Å². The smallest absolute Gasteiger partial charge is 0.380 e. The normalized spacial score (nSPS) is 10.2. The van der Waals surface area contributed by atoms with Crippen molar-refractivity contribution in [2.45, 2.75) is 12.2 Å². The van der Waals surface area contributed by atoms with Crippen molar-refractivity contribution < 1.29 is 0 Å². The van der Waals surface area contributed by atoms with E-state index in [0.29, 0.717) is 0 Å². The monoisotopic (exact) mass is 188 g/mol. The van der Waals surface area contributed by atoms with Crippen LogP contribution < -0.4 is 9.11 Å². The Balaban J connectivity index is 2.29. The van der Waals surface area contributed by atoms with E-state index in [4.69, 9.17) is 0 Å². The van der Waals surface area contributed by atoms with Gasteiger partial charge in [0.1, 0.15) is 0 Å². The van der Waals surface area contributed by atoms with Crippen LogP contribution in [0.5, 0.6) is 0 Å². The van der Waals surface area contributed by atoms with Gasteiger partial charge in [0, 0.05) is 0 Å². The van der Waals surface area contributed by atoms with Gasteiger partial charge in [0.25, 0.3) is 0 Å². The molecule has 2 aromatic heterocycles. The van der Waals surface area contributed by atoms with Crippen molar-refractivity contribution in [3.8, 4) is 0 Å². The van der Waals surface area contributed by atoms with Crippen molar-refractivity contribution >= 4 is 23.3 Å². The van der Waals surface area contributed by atoms with Gasteiger partial charge in [0.15, 0.2) is 0 Å². The van der Waals surface area contributed by atoms with Gasteiger partial charge in [-0.3, -0.25) is 0 Å². The van der Waals surface area contributed by atoms with Crippen molar-refractivity contribution in [2.24, 2.45) is 0 Å². The Morgan fingerprint density at radius 2 is 1.62 bits per heavy atom. The van der Waals surface area contributed by atoms with Gasteiger partial charge in [-0.1, -0.05) is 24.3 Å². The summed E-state index contributed by atoms with van der Waals surface area (Å²) in [4.78, 5) is 6.64. The summed E-state index contributed by atoms with van der Waals surface area (Å²) >= 11 is -0.943. The van der Waals surface area contributed by atoms with Gasteiger partial charge in [-0.15, -0.1) is 0 Å². The Kier molecular flexibility index (Phi) is 2.58. The Morgan fingerprint density at radius 1 is 1.08 bits per heavy atom. The Bertz CT molecular complexity index is 303. The van der Waals surface area contributed by atoms with Crippen LogP contribution in [0.25, 0.3) is 0 Å². The molecule has 0 saturated carbocycles. The molecule has 0 atom stereocenters. The lowest BCUT2D eigenvalue weighted by molar-refractivity contribution is 1.37. The molecule has 2 heterocycles. The average Bonchev–Trinajstić information content (AvgIpc) is 2.76. The van der Waals surface area contributed by atoms with Crippen LogP contribution in [-0.2, 0) is 0 Å². The minimum Gasteiger partial charge on any atom is -0.380 e. The first kappa shape index (κ1) is 8.68. The van der Waals surface area contributed by atoms with Crippen LogP contribution in [0.3, 0.4) is 0 Å². The summed E-state index contributed by atoms with van der Waals surface area (Å²) < 4.78 is 2.84. The summed E-state index contributed by atoms with van der Waals surface area (Å²) in [5.74, 6) is 0. The van der Waals surface area contributed by atoms with E-state index in [2.05, 4.69) is 41.2 Å². The molecule has 0 saturated heterocycles. The molecule has 3 heteroatoms. The van der Waals surface area contributed by atoms with E-state index in [1.165, 1.54) is 14.4 Å². The minimum absolute atomic E-state index is 0.943. The number of hydrogen-bond donors (Lipinski definition) is 2. The van der Waals surface area contributed by atoms with Gasteiger partial charge in [-0.2, -0.15) is 0 Å². The molecule has 13 heavy (non-hydrogen) atoms. The molecule has 0 bridgehead atoms. The lowest BCUT2D eigenvalue weighted by Gasteiger charge is -2.04. The second-order valence-electron chi connectivity index (χ2n) is 3.21. The van der Waals surface area contributed by atoms with Gasteiger partial charge >= 0.3 is 14.1 Å². The molecule has 0 spiro atoms. The molecule has 66 valence electrons. The summed E-state index contributed by atoms with van der Waals surface area (Å²) in [5.41, 5.74) is 0. The largest absolute Gasteiger partial charge is 0.396 e. The molecule has 0 aliphatic carbocycles. The lowest BCUT2D eigenvalue weighted by Crippen LogP contribution is -2.42. The van der Waals surface area contributed by atoms with Gasteiger partial charge in [-0.05, 0) is 33.6 Å². The standard InChI is InChI=1S/2C4H4N.C2H5.Al/c2*1-2-4-5-3-1;1-2;/h2*1-3,5H;1H2,2H3;. The van der Waals surface area contributed by atoms with Crippen molar-refractivity contribution in [3.05, 3.63) is 36.7 Å². The molecule has 0 fully saturated rings. The Hall–Kier alpha value is -0.908. The number of H-pyrrole nitrogens is 2. The number of rotatable bonds is 3. The molecule has 0 aliphatic rings. The van der Waals surface area contributed by atoms with Gasteiger partial charge in [0.2, 0.25) is 0 Å². The van der Waals surface area contributed by atoms with Gasteiger partial charge < -0.3 is 9.97 Å².